The molecule has 11 rings (SSSR count). The molecule has 0 saturated heterocycles. The molecule has 7 aromatic rings. The third-order valence-electron chi connectivity index (χ3n) is 16.1. The molecule has 65 heavy (non-hydrogen) atoms. The summed E-state index contributed by atoms with van der Waals surface area (Å²) in [5.41, 5.74) is 26.9. The van der Waals surface area contributed by atoms with Gasteiger partial charge in [-0.05, 0) is 168 Å². The zero-order valence-electron chi connectivity index (χ0n) is 41.1. The van der Waals surface area contributed by atoms with Crippen molar-refractivity contribution in [2.75, 3.05) is 9.80 Å². The van der Waals surface area contributed by atoms with Gasteiger partial charge in [-0.1, -0.05) is 168 Å². The fourth-order valence-electron chi connectivity index (χ4n) is 12.1. The highest BCUT2D eigenvalue weighted by Gasteiger charge is 2.45. The van der Waals surface area contributed by atoms with E-state index in [1.54, 1.807) is 0 Å². The molecule has 7 aromatic carbocycles. The maximum atomic E-state index is 2.62. The highest BCUT2D eigenvalue weighted by atomic mass is 15.2. The molecule has 0 atom stereocenters. The van der Waals surface area contributed by atoms with Crippen LogP contribution in [0.15, 0.2) is 133 Å². The Morgan fingerprint density at radius 1 is 0.462 bits per heavy atom. The first-order valence-corrected chi connectivity index (χ1v) is 24.2. The van der Waals surface area contributed by atoms with Crippen LogP contribution in [0.2, 0.25) is 0 Å². The minimum absolute atomic E-state index is 0.00703. The van der Waals surface area contributed by atoms with Crippen LogP contribution in [0.4, 0.5) is 34.1 Å². The maximum Gasteiger partial charge on any atom is 0.252 e. The molecule has 2 nitrogen and oxygen atoms in total. The van der Waals surface area contributed by atoms with Crippen molar-refractivity contribution in [3.8, 4) is 22.3 Å². The van der Waals surface area contributed by atoms with Gasteiger partial charge in [-0.15, -0.1) is 0 Å². The van der Waals surface area contributed by atoms with E-state index in [1.807, 2.05) is 0 Å². The molecule has 0 spiro atoms. The second-order valence-electron chi connectivity index (χ2n) is 23.8. The lowest BCUT2D eigenvalue weighted by Crippen LogP contribution is -2.61. The summed E-state index contributed by atoms with van der Waals surface area (Å²) in [7, 11) is 0. The lowest BCUT2D eigenvalue weighted by molar-refractivity contribution is 0.332. The van der Waals surface area contributed by atoms with E-state index in [4.69, 9.17) is 0 Å². The SMILES string of the molecule is Cc1cc2c3c(c1)N(c1ccc4c(c1)C(C)(C)CCC4(C)C)c1ccc(C(C)(C)C)cc1B3c1cc(C(C)(C)C)ccc1N2c1ccc(-c2cccc3c2-c2ccccc2C3(C)C)cc1. The van der Waals surface area contributed by atoms with Gasteiger partial charge in [0.1, 0.15) is 0 Å². The third kappa shape index (κ3) is 6.27. The molecule has 2 aliphatic carbocycles. The summed E-state index contributed by atoms with van der Waals surface area (Å²) < 4.78 is 0. The van der Waals surface area contributed by atoms with Crippen LogP contribution in [0.5, 0.6) is 0 Å². The van der Waals surface area contributed by atoms with Gasteiger partial charge < -0.3 is 9.80 Å². The normalized spacial score (nSPS) is 17.2. The van der Waals surface area contributed by atoms with E-state index in [9.17, 15) is 0 Å². The van der Waals surface area contributed by atoms with Crippen molar-refractivity contribution in [1.29, 1.82) is 0 Å². The Bertz CT molecular complexity index is 3110. The molecule has 0 aromatic heterocycles. The number of nitrogens with zero attached hydrogens (tertiary/aromatic N) is 2. The van der Waals surface area contributed by atoms with E-state index in [0.717, 1.165) is 0 Å². The number of fused-ring (bicyclic) bond motifs is 8. The van der Waals surface area contributed by atoms with Crippen LogP contribution < -0.4 is 26.2 Å². The van der Waals surface area contributed by atoms with Crippen LogP contribution in [0.3, 0.4) is 0 Å². The van der Waals surface area contributed by atoms with Crippen LogP contribution in [-0.2, 0) is 27.1 Å². The van der Waals surface area contributed by atoms with Gasteiger partial charge >= 0.3 is 0 Å². The highest BCUT2D eigenvalue weighted by molar-refractivity contribution is 7.00. The van der Waals surface area contributed by atoms with Crippen molar-refractivity contribution in [2.24, 2.45) is 0 Å². The molecule has 0 saturated carbocycles. The largest absolute Gasteiger partial charge is 0.311 e. The van der Waals surface area contributed by atoms with Crippen LogP contribution in [-0.4, -0.2) is 6.71 Å². The molecule has 0 bridgehead atoms. The van der Waals surface area contributed by atoms with Gasteiger partial charge in [0.25, 0.3) is 6.71 Å². The molecule has 0 unspecified atom stereocenters. The lowest BCUT2D eigenvalue weighted by Gasteiger charge is -2.46. The number of hydrogen-bond donors (Lipinski definition) is 0. The fourth-order valence-corrected chi connectivity index (χ4v) is 12.1. The summed E-state index contributed by atoms with van der Waals surface area (Å²) in [4.78, 5) is 5.20. The van der Waals surface area contributed by atoms with Gasteiger partial charge in [-0.25, -0.2) is 0 Å². The molecule has 0 radical (unpaired) electrons. The van der Waals surface area contributed by atoms with Crippen LogP contribution in [0, 0.1) is 6.92 Å². The predicted molar refractivity (Wildman–Crippen MR) is 281 cm³/mol. The summed E-state index contributed by atoms with van der Waals surface area (Å²) in [6, 6.07) is 52.5. The highest BCUT2D eigenvalue weighted by Crippen LogP contribution is 2.53. The molecule has 0 fully saturated rings. The average Bonchev–Trinajstić information content (AvgIpc) is 3.50. The number of rotatable bonds is 3. The van der Waals surface area contributed by atoms with E-state index < -0.39 is 0 Å². The van der Waals surface area contributed by atoms with E-state index in [0.29, 0.717) is 0 Å². The van der Waals surface area contributed by atoms with Crippen molar-refractivity contribution in [2.45, 2.75) is 130 Å². The zero-order chi connectivity index (χ0) is 45.7. The van der Waals surface area contributed by atoms with Gasteiger partial charge in [-0.2, -0.15) is 0 Å². The van der Waals surface area contributed by atoms with Gasteiger partial charge in [-0.3, -0.25) is 0 Å². The summed E-state index contributed by atoms with van der Waals surface area (Å²) in [6.07, 6.45) is 2.39. The number of benzene rings is 7. The maximum absolute atomic E-state index is 2.62. The Morgan fingerprint density at radius 2 is 0.985 bits per heavy atom. The quantitative estimate of drug-likeness (QED) is 0.163. The second kappa shape index (κ2) is 13.9. The van der Waals surface area contributed by atoms with E-state index >= 15 is 0 Å². The molecule has 326 valence electrons. The minimum Gasteiger partial charge on any atom is -0.311 e. The molecule has 2 aliphatic heterocycles. The van der Waals surface area contributed by atoms with E-state index in [-0.39, 0.29) is 33.8 Å². The van der Waals surface area contributed by atoms with Gasteiger partial charge in [0.05, 0.1) is 0 Å². The first-order chi connectivity index (χ1) is 30.6. The Hall–Kier alpha value is -5.80. The standard InChI is InChI=1S/C62H65BN2/c1-38-33-54-57-55(34-38)65(43-27-28-47-49(37-43)61(10,11)32-31-60(47,8)9)53-30-24-41(59(5,6)7)36-51(53)63(57)50-35-40(58(2,3)4)23-29-52(50)64(54)42-25-21-39(22-26-42)44-18-16-20-48-56(44)45-17-14-15-19-46(45)62(48,12)13/h14-30,33-37H,31-32H2,1-13H3. The zero-order valence-corrected chi connectivity index (χ0v) is 41.1. The van der Waals surface area contributed by atoms with Gasteiger partial charge in [0, 0.05) is 39.5 Å². The van der Waals surface area contributed by atoms with Crippen molar-refractivity contribution in [1.82, 2.24) is 0 Å². The minimum atomic E-state index is -0.0435. The van der Waals surface area contributed by atoms with Crippen molar-refractivity contribution in [3.63, 3.8) is 0 Å². The smallest absolute Gasteiger partial charge is 0.252 e. The van der Waals surface area contributed by atoms with Crippen molar-refractivity contribution < 1.29 is 0 Å². The summed E-state index contributed by atoms with van der Waals surface area (Å²) in [5, 5.41) is 0. The monoisotopic (exact) mass is 849 g/mol. The Kier molecular flexibility index (Phi) is 8.93. The Balaban J connectivity index is 1.15. The topological polar surface area (TPSA) is 6.48 Å². The molecule has 0 amide bonds. The first-order valence-electron chi connectivity index (χ1n) is 24.2. The Morgan fingerprint density at radius 3 is 1.58 bits per heavy atom. The summed E-state index contributed by atoms with van der Waals surface area (Å²) >= 11 is 0. The molecule has 3 heteroatoms. The predicted octanol–water partition coefficient (Wildman–Crippen LogP) is 15.0. The van der Waals surface area contributed by atoms with Crippen LogP contribution in [0.1, 0.15) is 135 Å². The molecule has 0 N–H and O–H groups in total. The first kappa shape index (κ1) is 41.9. The Labute approximate surface area is 389 Å². The molecular formula is C62H65BN2. The fraction of sp³-hybridized carbons (Fsp3) is 0.323. The van der Waals surface area contributed by atoms with Gasteiger partial charge in [0.15, 0.2) is 0 Å². The lowest BCUT2D eigenvalue weighted by atomic mass is 9.33. The van der Waals surface area contributed by atoms with Crippen molar-refractivity contribution >= 4 is 57.2 Å². The van der Waals surface area contributed by atoms with E-state index in [2.05, 4.69) is 233 Å². The van der Waals surface area contributed by atoms with E-state index in [1.165, 1.54) is 125 Å². The van der Waals surface area contributed by atoms with Gasteiger partial charge in [0.2, 0.25) is 0 Å². The number of hydrogen-bond acceptors (Lipinski definition) is 2. The number of aryl methyl sites for hydroxylation is 1. The molecule has 2 heterocycles. The third-order valence-corrected chi connectivity index (χ3v) is 16.1. The second-order valence-corrected chi connectivity index (χ2v) is 23.8. The molecule has 4 aliphatic rings. The summed E-state index contributed by atoms with van der Waals surface area (Å²) in [5.74, 6) is 0. The average molecular weight is 849 g/mol. The molecular weight excluding hydrogens is 784 g/mol. The van der Waals surface area contributed by atoms with Crippen molar-refractivity contribution in [3.05, 3.63) is 172 Å². The van der Waals surface area contributed by atoms with Crippen LogP contribution >= 0.6 is 0 Å². The summed E-state index contributed by atoms with van der Waals surface area (Å²) in [6.45, 7) is 31.0. The number of anilines is 6. The van der Waals surface area contributed by atoms with Crippen LogP contribution in [0.25, 0.3) is 22.3 Å².